The maximum Gasteiger partial charge on any atom is 0.179 e. The van der Waals surface area contributed by atoms with Crippen molar-refractivity contribution < 1.29 is 14.0 Å². The molecule has 1 aliphatic rings. The summed E-state index contributed by atoms with van der Waals surface area (Å²) < 4.78 is 13.5. The number of halogens is 2. The number of methoxy groups -OCH3 is 1. The zero-order chi connectivity index (χ0) is 14.5. The van der Waals surface area contributed by atoms with Gasteiger partial charge in [0.2, 0.25) is 0 Å². The molecule has 0 radical (unpaired) electrons. The molecule has 20 heavy (non-hydrogen) atoms. The molecule has 0 fully saturated rings. The van der Waals surface area contributed by atoms with Crippen molar-refractivity contribution in [2.45, 2.75) is 26.2 Å². The molecular formula is C15H20Cl2NO2+. The number of benzene rings is 1. The molecule has 0 saturated carbocycles. The van der Waals surface area contributed by atoms with Crippen molar-refractivity contribution in [3.63, 3.8) is 0 Å². The second kappa shape index (κ2) is 7.19. The fraction of sp³-hybridized carbons (Fsp3) is 0.533. The van der Waals surface area contributed by atoms with Crippen molar-refractivity contribution in [3.8, 4) is 11.5 Å². The number of ether oxygens (including phenoxy) is 2. The number of hydrogen-bond acceptors (Lipinski definition) is 2. The van der Waals surface area contributed by atoms with E-state index < -0.39 is 0 Å². The lowest BCUT2D eigenvalue weighted by molar-refractivity contribution is -0.517. The van der Waals surface area contributed by atoms with Gasteiger partial charge in [0.05, 0.1) is 25.2 Å². The standard InChI is InChI=1S/C15H20Cl2NO2/c1-3-18-7-4-5-12(18)6-8-20-14-10-11(16)9-13(17)15(14)19-2/h9-10H,3-8H2,1-2H3/q+1. The van der Waals surface area contributed by atoms with Crippen LogP contribution in [0.3, 0.4) is 0 Å². The maximum absolute atomic E-state index is 6.08. The van der Waals surface area contributed by atoms with Gasteiger partial charge in [0, 0.05) is 23.9 Å². The van der Waals surface area contributed by atoms with Crippen LogP contribution in [-0.2, 0) is 0 Å². The largest absolute Gasteiger partial charge is 0.491 e. The van der Waals surface area contributed by atoms with Crippen molar-refractivity contribution in [2.24, 2.45) is 0 Å². The normalized spacial score (nSPS) is 14.8. The molecule has 1 aliphatic heterocycles. The monoisotopic (exact) mass is 316 g/mol. The summed E-state index contributed by atoms with van der Waals surface area (Å²) in [5.41, 5.74) is 1.47. The first kappa shape index (κ1) is 15.5. The number of hydrogen-bond donors (Lipinski definition) is 0. The van der Waals surface area contributed by atoms with Gasteiger partial charge in [-0.3, -0.25) is 0 Å². The van der Waals surface area contributed by atoms with E-state index in [0.717, 1.165) is 19.5 Å². The van der Waals surface area contributed by atoms with E-state index in [0.29, 0.717) is 28.2 Å². The Kier molecular flexibility index (Phi) is 5.55. The summed E-state index contributed by atoms with van der Waals surface area (Å²) in [6.45, 7) is 5.03. The molecule has 0 N–H and O–H groups in total. The maximum atomic E-state index is 6.08. The molecule has 1 heterocycles. The SMILES string of the molecule is CC[N+]1=C(CCOc2cc(Cl)cc(Cl)c2OC)CCC1. The predicted octanol–water partition coefficient (Wildman–Crippen LogP) is 4.04. The summed E-state index contributed by atoms with van der Waals surface area (Å²) >= 11 is 12.1. The Morgan fingerprint density at radius 1 is 1.30 bits per heavy atom. The first-order valence-electron chi connectivity index (χ1n) is 6.91. The molecule has 1 aromatic carbocycles. The van der Waals surface area contributed by atoms with E-state index in [2.05, 4.69) is 11.5 Å². The van der Waals surface area contributed by atoms with Crippen LogP contribution in [0, 0.1) is 0 Å². The average molecular weight is 317 g/mol. The van der Waals surface area contributed by atoms with E-state index in [1.807, 2.05) is 0 Å². The van der Waals surface area contributed by atoms with Gasteiger partial charge in [-0.05, 0) is 13.0 Å². The Bertz CT molecular complexity index is 515. The lowest BCUT2D eigenvalue weighted by Crippen LogP contribution is -2.17. The van der Waals surface area contributed by atoms with Crippen molar-refractivity contribution in [3.05, 3.63) is 22.2 Å². The van der Waals surface area contributed by atoms with E-state index in [1.54, 1.807) is 19.2 Å². The van der Waals surface area contributed by atoms with Crippen LogP contribution in [0.2, 0.25) is 10.0 Å². The van der Waals surface area contributed by atoms with Gasteiger partial charge in [0.1, 0.15) is 13.1 Å². The minimum absolute atomic E-state index is 0.471. The molecule has 2 rings (SSSR count). The Hall–Kier alpha value is -0.930. The van der Waals surface area contributed by atoms with Crippen LogP contribution in [0.5, 0.6) is 11.5 Å². The van der Waals surface area contributed by atoms with Crippen LogP contribution in [0.15, 0.2) is 12.1 Å². The third-order valence-electron chi connectivity index (χ3n) is 3.55. The van der Waals surface area contributed by atoms with Gasteiger partial charge < -0.3 is 9.47 Å². The van der Waals surface area contributed by atoms with Crippen LogP contribution in [0.1, 0.15) is 26.2 Å². The van der Waals surface area contributed by atoms with Gasteiger partial charge in [-0.2, -0.15) is 0 Å². The first-order chi connectivity index (χ1) is 9.65. The van der Waals surface area contributed by atoms with Crippen LogP contribution >= 0.6 is 23.2 Å². The van der Waals surface area contributed by atoms with Gasteiger partial charge >= 0.3 is 0 Å². The van der Waals surface area contributed by atoms with Crippen molar-refractivity contribution in [2.75, 3.05) is 26.8 Å². The van der Waals surface area contributed by atoms with Crippen LogP contribution < -0.4 is 9.47 Å². The third kappa shape index (κ3) is 3.58. The smallest absolute Gasteiger partial charge is 0.179 e. The molecule has 5 heteroatoms. The highest BCUT2D eigenvalue weighted by atomic mass is 35.5. The van der Waals surface area contributed by atoms with E-state index >= 15 is 0 Å². The first-order valence-corrected chi connectivity index (χ1v) is 7.66. The Labute approximate surface area is 130 Å². The molecule has 0 spiro atoms. The zero-order valence-corrected chi connectivity index (χ0v) is 13.4. The summed E-state index contributed by atoms with van der Waals surface area (Å²) in [6, 6.07) is 3.39. The second-order valence-corrected chi connectivity index (χ2v) is 5.61. The molecule has 0 atom stereocenters. The molecule has 0 aromatic heterocycles. The van der Waals surface area contributed by atoms with Gasteiger partial charge in [-0.1, -0.05) is 23.2 Å². The lowest BCUT2D eigenvalue weighted by atomic mass is 10.2. The van der Waals surface area contributed by atoms with Crippen LogP contribution in [-0.4, -0.2) is 37.1 Å². The van der Waals surface area contributed by atoms with Gasteiger partial charge in [-0.15, -0.1) is 0 Å². The van der Waals surface area contributed by atoms with Crippen molar-refractivity contribution in [1.82, 2.24) is 0 Å². The zero-order valence-electron chi connectivity index (χ0n) is 11.9. The third-order valence-corrected chi connectivity index (χ3v) is 4.05. The van der Waals surface area contributed by atoms with Crippen molar-refractivity contribution >= 4 is 28.9 Å². The quantitative estimate of drug-likeness (QED) is 0.739. The second-order valence-electron chi connectivity index (χ2n) is 4.77. The highest BCUT2D eigenvalue weighted by Gasteiger charge is 2.20. The van der Waals surface area contributed by atoms with E-state index in [1.165, 1.54) is 18.6 Å². The van der Waals surface area contributed by atoms with Gasteiger partial charge in [-0.25, -0.2) is 4.58 Å². The van der Waals surface area contributed by atoms with Crippen molar-refractivity contribution in [1.29, 1.82) is 0 Å². The molecule has 3 nitrogen and oxygen atoms in total. The Morgan fingerprint density at radius 2 is 2.10 bits per heavy atom. The van der Waals surface area contributed by atoms with Crippen LogP contribution in [0.4, 0.5) is 0 Å². The summed E-state index contributed by atoms with van der Waals surface area (Å²) in [6.07, 6.45) is 3.35. The molecule has 0 aliphatic carbocycles. The average Bonchev–Trinajstić information content (AvgIpc) is 2.86. The Balaban J connectivity index is 2.01. The van der Waals surface area contributed by atoms with E-state index in [-0.39, 0.29) is 0 Å². The minimum Gasteiger partial charge on any atom is -0.491 e. The number of rotatable bonds is 6. The van der Waals surface area contributed by atoms with Gasteiger partial charge in [0.15, 0.2) is 17.2 Å². The fourth-order valence-electron chi connectivity index (χ4n) is 2.58. The predicted molar refractivity (Wildman–Crippen MR) is 83.0 cm³/mol. The van der Waals surface area contributed by atoms with Crippen LogP contribution in [0.25, 0.3) is 0 Å². The molecule has 0 bridgehead atoms. The molecule has 1 aromatic rings. The van der Waals surface area contributed by atoms with E-state index in [9.17, 15) is 0 Å². The molecule has 0 amide bonds. The summed E-state index contributed by atoms with van der Waals surface area (Å²) in [7, 11) is 1.58. The minimum atomic E-state index is 0.471. The summed E-state index contributed by atoms with van der Waals surface area (Å²) in [4.78, 5) is 0. The molecule has 110 valence electrons. The van der Waals surface area contributed by atoms with Gasteiger partial charge in [0.25, 0.3) is 0 Å². The topological polar surface area (TPSA) is 21.5 Å². The lowest BCUT2D eigenvalue weighted by Gasteiger charge is -2.12. The summed E-state index contributed by atoms with van der Waals surface area (Å²) in [5, 5.41) is 1.02. The van der Waals surface area contributed by atoms with E-state index in [4.69, 9.17) is 32.7 Å². The highest BCUT2D eigenvalue weighted by molar-refractivity contribution is 6.35. The fourth-order valence-corrected chi connectivity index (χ4v) is 3.13. The molecule has 0 unspecified atom stereocenters. The Morgan fingerprint density at radius 3 is 2.80 bits per heavy atom. The highest BCUT2D eigenvalue weighted by Crippen LogP contribution is 2.37. The number of nitrogens with zero attached hydrogens (tertiary/aromatic N) is 1. The molecular weight excluding hydrogens is 297 g/mol. The molecule has 0 saturated heterocycles. The summed E-state index contributed by atoms with van der Waals surface area (Å²) in [5.74, 6) is 1.14.